The lowest BCUT2D eigenvalue weighted by atomic mass is 10.2. The summed E-state index contributed by atoms with van der Waals surface area (Å²) in [5.74, 6) is -0.203. The molecule has 1 aromatic carbocycles. The predicted octanol–water partition coefficient (Wildman–Crippen LogP) is 3.15. The SMILES string of the molecule is NC(C(=O)Nc1cccc(Br)c1)c1cccs1. The van der Waals surface area contributed by atoms with Crippen molar-refractivity contribution in [1.82, 2.24) is 0 Å². The molecule has 1 heterocycles. The number of nitrogens with two attached hydrogens (primary N) is 1. The summed E-state index contributed by atoms with van der Waals surface area (Å²) in [6.45, 7) is 0. The molecule has 0 spiro atoms. The molecular weight excluding hydrogens is 300 g/mol. The van der Waals surface area contributed by atoms with E-state index in [1.54, 1.807) is 0 Å². The predicted molar refractivity (Wildman–Crippen MR) is 74.0 cm³/mol. The Morgan fingerprint density at radius 1 is 1.35 bits per heavy atom. The maximum absolute atomic E-state index is 11.9. The molecule has 2 rings (SSSR count). The first-order chi connectivity index (χ1) is 8.16. The average Bonchev–Trinajstić information content (AvgIpc) is 2.81. The molecule has 2 aromatic rings. The molecule has 5 heteroatoms. The summed E-state index contributed by atoms with van der Waals surface area (Å²) >= 11 is 4.83. The van der Waals surface area contributed by atoms with Gasteiger partial charge in [-0.2, -0.15) is 0 Å². The molecule has 0 fully saturated rings. The number of carbonyl (C=O) groups is 1. The third-order valence-electron chi connectivity index (χ3n) is 2.22. The van der Waals surface area contributed by atoms with Crippen molar-refractivity contribution in [2.75, 3.05) is 5.32 Å². The molecular formula is C12H11BrN2OS. The number of benzene rings is 1. The van der Waals surface area contributed by atoms with E-state index >= 15 is 0 Å². The molecule has 0 aliphatic rings. The minimum Gasteiger partial charge on any atom is -0.324 e. The lowest BCUT2D eigenvalue weighted by Gasteiger charge is -2.10. The first kappa shape index (κ1) is 12.3. The van der Waals surface area contributed by atoms with Crippen LogP contribution in [0.3, 0.4) is 0 Å². The van der Waals surface area contributed by atoms with Gasteiger partial charge >= 0.3 is 0 Å². The van der Waals surface area contributed by atoms with Gasteiger partial charge in [0.25, 0.3) is 0 Å². The summed E-state index contributed by atoms with van der Waals surface area (Å²) in [5, 5.41) is 4.69. The number of rotatable bonds is 3. The standard InChI is InChI=1S/C12H11BrN2OS/c13-8-3-1-4-9(7-8)15-12(16)11(14)10-5-2-6-17-10/h1-7,11H,14H2,(H,15,16). The number of carbonyl (C=O) groups excluding carboxylic acids is 1. The first-order valence-corrected chi connectivity index (χ1v) is 6.69. The van der Waals surface area contributed by atoms with Crippen LogP contribution in [0.2, 0.25) is 0 Å². The molecule has 1 atom stereocenters. The Morgan fingerprint density at radius 3 is 2.82 bits per heavy atom. The topological polar surface area (TPSA) is 55.1 Å². The van der Waals surface area contributed by atoms with Gasteiger partial charge in [0.15, 0.2) is 0 Å². The number of hydrogen-bond acceptors (Lipinski definition) is 3. The first-order valence-electron chi connectivity index (χ1n) is 5.02. The molecule has 0 saturated carbocycles. The number of anilines is 1. The van der Waals surface area contributed by atoms with E-state index < -0.39 is 6.04 Å². The van der Waals surface area contributed by atoms with Crippen molar-refractivity contribution in [2.24, 2.45) is 5.73 Å². The summed E-state index contributed by atoms with van der Waals surface area (Å²) in [6, 6.07) is 10.5. The van der Waals surface area contributed by atoms with E-state index in [0.29, 0.717) is 0 Å². The molecule has 0 aliphatic heterocycles. The van der Waals surface area contributed by atoms with Gasteiger partial charge in [-0.15, -0.1) is 11.3 Å². The largest absolute Gasteiger partial charge is 0.324 e. The molecule has 1 unspecified atom stereocenters. The van der Waals surface area contributed by atoms with Crippen LogP contribution in [0.25, 0.3) is 0 Å². The number of halogens is 1. The Morgan fingerprint density at radius 2 is 2.18 bits per heavy atom. The van der Waals surface area contributed by atoms with Gasteiger partial charge in [-0.3, -0.25) is 4.79 Å². The van der Waals surface area contributed by atoms with Crippen LogP contribution < -0.4 is 11.1 Å². The van der Waals surface area contributed by atoms with Gasteiger partial charge in [-0.05, 0) is 29.6 Å². The van der Waals surface area contributed by atoms with Crippen LogP contribution in [0.15, 0.2) is 46.3 Å². The molecule has 3 nitrogen and oxygen atoms in total. The van der Waals surface area contributed by atoms with Gasteiger partial charge in [0, 0.05) is 15.0 Å². The van der Waals surface area contributed by atoms with E-state index in [2.05, 4.69) is 21.2 Å². The van der Waals surface area contributed by atoms with Crippen LogP contribution in [0, 0.1) is 0 Å². The minimum absolute atomic E-state index is 0.203. The van der Waals surface area contributed by atoms with Gasteiger partial charge in [-0.25, -0.2) is 0 Å². The van der Waals surface area contributed by atoms with Crippen molar-refractivity contribution in [2.45, 2.75) is 6.04 Å². The lowest BCUT2D eigenvalue weighted by Crippen LogP contribution is -2.26. The molecule has 3 N–H and O–H groups in total. The molecule has 0 radical (unpaired) electrons. The third-order valence-corrected chi connectivity index (χ3v) is 3.67. The van der Waals surface area contributed by atoms with Crippen LogP contribution >= 0.6 is 27.3 Å². The van der Waals surface area contributed by atoms with Crippen molar-refractivity contribution in [3.8, 4) is 0 Å². The highest BCUT2D eigenvalue weighted by atomic mass is 79.9. The molecule has 1 amide bonds. The van der Waals surface area contributed by atoms with E-state index in [9.17, 15) is 4.79 Å². The number of hydrogen-bond donors (Lipinski definition) is 2. The fourth-order valence-electron chi connectivity index (χ4n) is 1.38. The quantitative estimate of drug-likeness (QED) is 0.915. The highest BCUT2D eigenvalue weighted by Gasteiger charge is 2.16. The maximum Gasteiger partial charge on any atom is 0.246 e. The second-order valence-electron chi connectivity index (χ2n) is 3.49. The Bertz CT molecular complexity index is 513. The highest BCUT2D eigenvalue weighted by Crippen LogP contribution is 2.20. The monoisotopic (exact) mass is 310 g/mol. The Kier molecular flexibility index (Phi) is 3.93. The summed E-state index contributed by atoms with van der Waals surface area (Å²) in [7, 11) is 0. The van der Waals surface area contributed by atoms with Crippen molar-refractivity contribution < 1.29 is 4.79 Å². The zero-order chi connectivity index (χ0) is 12.3. The van der Waals surface area contributed by atoms with E-state index in [1.165, 1.54) is 11.3 Å². The smallest absolute Gasteiger partial charge is 0.246 e. The van der Waals surface area contributed by atoms with Gasteiger partial charge in [0.2, 0.25) is 5.91 Å². The second kappa shape index (κ2) is 5.44. The van der Waals surface area contributed by atoms with E-state index in [1.807, 2.05) is 41.8 Å². The lowest BCUT2D eigenvalue weighted by molar-refractivity contribution is -0.117. The molecule has 0 bridgehead atoms. The maximum atomic E-state index is 11.9. The van der Waals surface area contributed by atoms with Gasteiger partial charge in [-0.1, -0.05) is 28.1 Å². The summed E-state index contributed by atoms with van der Waals surface area (Å²) < 4.78 is 0.917. The zero-order valence-electron chi connectivity index (χ0n) is 8.89. The molecule has 0 aliphatic carbocycles. The van der Waals surface area contributed by atoms with Crippen molar-refractivity contribution in [1.29, 1.82) is 0 Å². The van der Waals surface area contributed by atoms with Gasteiger partial charge < -0.3 is 11.1 Å². The molecule has 17 heavy (non-hydrogen) atoms. The number of nitrogens with one attached hydrogen (secondary N) is 1. The number of thiophene rings is 1. The van der Waals surface area contributed by atoms with Crippen LogP contribution in [-0.2, 0) is 4.79 Å². The fourth-order valence-corrected chi connectivity index (χ4v) is 2.51. The highest BCUT2D eigenvalue weighted by molar-refractivity contribution is 9.10. The van der Waals surface area contributed by atoms with Crippen LogP contribution in [0.1, 0.15) is 10.9 Å². The van der Waals surface area contributed by atoms with Crippen molar-refractivity contribution >= 4 is 38.9 Å². The van der Waals surface area contributed by atoms with E-state index in [0.717, 1.165) is 15.0 Å². The van der Waals surface area contributed by atoms with Crippen LogP contribution in [-0.4, -0.2) is 5.91 Å². The number of amides is 1. The van der Waals surface area contributed by atoms with Crippen molar-refractivity contribution in [3.63, 3.8) is 0 Å². The summed E-state index contributed by atoms with van der Waals surface area (Å²) in [6.07, 6.45) is 0. The Labute approximate surface area is 112 Å². The normalized spacial score (nSPS) is 12.1. The third kappa shape index (κ3) is 3.15. The summed E-state index contributed by atoms with van der Waals surface area (Å²) in [4.78, 5) is 12.7. The van der Waals surface area contributed by atoms with Gasteiger partial charge in [0.05, 0.1) is 0 Å². The molecule has 1 aromatic heterocycles. The van der Waals surface area contributed by atoms with Crippen molar-refractivity contribution in [3.05, 3.63) is 51.1 Å². The molecule has 0 saturated heterocycles. The average molecular weight is 311 g/mol. The van der Waals surface area contributed by atoms with E-state index in [-0.39, 0.29) is 5.91 Å². The van der Waals surface area contributed by atoms with Crippen LogP contribution in [0.4, 0.5) is 5.69 Å². The van der Waals surface area contributed by atoms with Gasteiger partial charge in [0.1, 0.15) is 6.04 Å². The zero-order valence-corrected chi connectivity index (χ0v) is 11.3. The van der Waals surface area contributed by atoms with E-state index in [4.69, 9.17) is 5.73 Å². The van der Waals surface area contributed by atoms with Crippen LogP contribution in [0.5, 0.6) is 0 Å². The fraction of sp³-hybridized carbons (Fsp3) is 0.0833. The minimum atomic E-state index is -0.617. The molecule has 88 valence electrons. The Balaban J connectivity index is 2.07. The summed E-state index contributed by atoms with van der Waals surface area (Å²) in [5.41, 5.74) is 6.59. The second-order valence-corrected chi connectivity index (χ2v) is 5.39. The Hall–Kier alpha value is -1.17.